The Morgan fingerprint density at radius 3 is 3.18 bits per heavy atom. The number of rotatable bonds is 5. The van der Waals surface area contributed by atoms with Gasteiger partial charge in [0, 0.05) is 18.7 Å². The minimum Gasteiger partial charge on any atom is -0.360 e. The molecule has 0 bridgehead atoms. The molecule has 0 aromatic carbocycles. The highest BCUT2D eigenvalue weighted by atomic mass is 16.5. The summed E-state index contributed by atoms with van der Waals surface area (Å²) in [4.78, 5) is 2.46. The van der Waals surface area contributed by atoms with Gasteiger partial charge in [-0.3, -0.25) is 4.90 Å². The van der Waals surface area contributed by atoms with Crippen molar-refractivity contribution in [2.24, 2.45) is 0 Å². The van der Waals surface area contributed by atoms with Crippen LogP contribution >= 0.6 is 0 Å². The zero-order valence-electron chi connectivity index (χ0n) is 10.9. The lowest BCUT2D eigenvalue weighted by molar-refractivity contribution is 0.167. The van der Waals surface area contributed by atoms with Crippen molar-refractivity contribution in [2.75, 3.05) is 19.6 Å². The summed E-state index contributed by atoms with van der Waals surface area (Å²) in [5.41, 5.74) is 0.970. The number of nitrogens with one attached hydrogen (secondary N) is 1. The fourth-order valence-corrected chi connectivity index (χ4v) is 2.43. The lowest BCUT2D eigenvalue weighted by Crippen LogP contribution is -2.45. The second kappa shape index (κ2) is 6.17. The molecule has 1 fully saturated rings. The highest BCUT2D eigenvalue weighted by molar-refractivity contribution is 5.03. The molecule has 1 aliphatic heterocycles. The summed E-state index contributed by atoms with van der Waals surface area (Å²) in [6.45, 7) is 8.49. The maximum Gasteiger partial charge on any atom is 0.150 e. The Labute approximate surface area is 103 Å². The number of piperidine rings is 1. The van der Waals surface area contributed by atoms with Crippen LogP contribution in [-0.4, -0.2) is 35.7 Å². The zero-order valence-corrected chi connectivity index (χ0v) is 10.9. The van der Waals surface area contributed by atoms with Gasteiger partial charge in [0.05, 0.1) is 12.2 Å². The van der Waals surface area contributed by atoms with Crippen molar-refractivity contribution in [2.45, 2.75) is 45.7 Å². The number of hydrogen-bond acceptors (Lipinski definition) is 4. The first kappa shape index (κ1) is 12.6. The lowest BCUT2D eigenvalue weighted by atomic mass is 10.1. The van der Waals surface area contributed by atoms with Crippen molar-refractivity contribution in [3.05, 3.63) is 17.5 Å². The van der Waals surface area contributed by atoms with E-state index in [9.17, 15) is 0 Å². The van der Waals surface area contributed by atoms with E-state index in [0.29, 0.717) is 6.04 Å². The maximum absolute atomic E-state index is 5.27. The number of hydrogen-bond donors (Lipinski definition) is 1. The molecule has 1 atom stereocenters. The number of likely N-dealkylation sites (tertiary alicyclic amines) is 1. The van der Waals surface area contributed by atoms with Gasteiger partial charge >= 0.3 is 0 Å². The smallest absolute Gasteiger partial charge is 0.150 e. The third kappa shape index (κ3) is 3.82. The highest BCUT2D eigenvalue weighted by Crippen LogP contribution is 2.14. The van der Waals surface area contributed by atoms with Gasteiger partial charge in [0.15, 0.2) is 5.76 Å². The molecule has 2 rings (SSSR count). The van der Waals surface area contributed by atoms with E-state index >= 15 is 0 Å². The van der Waals surface area contributed by atoms with Gasteiger partial charge < -0.3 is 9.84 Å². The van der Waals surface area contributed by atoms with Gasteiger partial charge in [0.2, 0.25) is 0 Å². The summed E-state index contributed by atoms with van der Waals surface area (Å²) in [5.74, 6) is 0.985. The third-order valence-corrected chi connectivity index (χ3v) is 3.24. The second-order valence-electron chi connectivity index (χ2n) is 4.96. The molecule has 0 amide bonds. The van der Waals surface area contributed by atoms with Crippen LogP contribution in [0.4, 0.5) is 0 Å². The molecule has 1 aromatic rings. The molecular formula is C13H23N3O. The normalized spacial score (nSPS) is 21.9. The Morgan fingerprint density at radius 1 is 1.59 bits per heavy atom. The van der Waals surface area contributed by atoms with E-state index in [1.54, 1.807) is 0 Å². The fraction of sp³-hybridized carbons (Fsp3) is 0.769. The van der Waals surface area contributed by atoms with E-state index in [0.717, 1.165) is 31.1 Å². The quantitative estimate of drug-likeness (QED) is 0.850. The molecule has 1 N–H and O–H groups in total. The summed E-state index contributed by atoms with van der Waals surface area (Å²) in [5, 5.41) is 7.54. The van der Waals surface area contributed by atoms with E-state index in [1.807, 2.05) is 13.0 Å². The van der Waals surface area contributed by atoms with Crippen LogP contribution < -0.4 is 5.32 Å². The first-order chi connectivity index (χ1) is 8.28. The predicted molar refractivity (Wildman–Crippen MR) is 67.8 cm³/mol. The van der Waals surface area contributed by atoms with Crippen LogP contribution in [0.15, 0.2) is 10.6 Å². The summed E-state index contributed by atoms with van der Waals surface area (Å²) < 4.78 is 5.27. The SMILES string of the molecule is CCCNC1CCCN(Cc2cc(C)no2)C1. The number of aryl methyl sites for hydroxylation is 1. The fourth-order valence-electron chi connectivity index (χ4n) is 2.43. The molecule has 1 saturated heterocycles. The molecule has 1 aliphatic rings. The Kier molecular flexibility index (Phi) is 4.57. The Hall–Kier alpha value is -0.870. The van der Waals surface area contributed by atoms with Crippen LogP contribution in [0.1, 0.15) is 37.6 Å². The molecule has 1 aromatic heterocycles. The molecule has 17 heavy (non-hydrogen) atoms. The van der Waals surface area contributed by atoms with Crippen LogP contribution in [0.25, 0.3) is 0 Å². The van der Waals surface area contributed by atoms with E-state index in [1.165, 1.54) is 25.8 Å². The van der Waals surface area contributed by atoms with Gasteiger partial charge in [-0.2, -0.15) is 0 Å². The summed E-state index contributed by atoms with van der Waals surface area (Å²) in [7, 11) is 0. The average molecular weight is 237 g/mol. The molecule has 0 spiro atoms. The van der Waals surface area contributed by atoms with Crippen molar-refractivity contribution >= 4 is 0 Å². The van der Waals surface area contributed by atoms with Crippen molar-refractivity contribution < 1.29 is 4.52 Å². The lowest BCUT2D eigenvalue weighted by Gasteiger charge is -2.32. The van der Waals surface area contributed by atoms with Gasteiger partial charge in [-0.05, 0) is 39.3 Å². The van der Waals surface area contributed by atoms with Crippen LogP contribution in [0.2, 0.25) is 0 Å². The van der Waals surface area contributed by atoms with Gasteiger partial charge in [0.25, 0.3) is 0 Å². The van der Waals surface area contributed by atoms with Gasteiger partial charge in [-0.25, -0.2) is 0 Å². The van der Waals surface area contributed by atoms with Crippen molar-refractivity contribution in [3.8, 4) is 0 Å². The predicted octanol–water partition coefficient (Wildman–Crippen LogP) is 1.95. The maximum atomic E-state index is 5.27. The van der Waals surface area contributed by atoms with Crippen molar-refractivity contribution in [1.82, 2.24) is 15.4 Å². The summed E-state index contributed by atoms with van der Waals surface area (Å²) in [6, 6.07) is 2.68. The zero-order chi connectivity index (χ0) is 12.1. The topological polar surface area (TPSA) is 41.3 Å². The van der Waals surface area contributed by atoms with Crippen LogP contribution in [0, 0.1) is 6.92 Å². The largest absolute Gasteiger partial charge is 0.360 e. The molecule has 4 nitrogen and oxygen atoms in total. The number of aromatic nitrogens is 1. The van der Waals surface area contributed by atoms with Crippen LogP contribution in [-0.2, 0) is 6.54 Å². The highest BCUT2D eigenvalue weighted by Gasteiger charge is 2.20. The summed E-state index contributed by atoms with van der Waals surface area (Å²) in [6.07, 6.45) is 3.78. The monoisotopic (exact) mass is 237 g/mol. The molecule has 0 radical (unpaired) electrons. The summed E-state index contributed by atoms with van der Waals surface area (Å²) >= 11 is 0. The first-order valence-corrected chi connectivity index (χ1v) is 6.66. The molecular weight excluding hydrogens is 214 g/mol. The van der Waals surface area contributed by atoms with Gasteiger partial charge in [-0.15, -0.1) is 0 Å². The van der Waals surface area contributed by atoms with Crippen LogP contribution in [0.5, 0.6) is 0 Å². The van der Waals surface area contributed by atoms with Gasteiger partial charge in [-0.1, -0.05) is 12.1 Å². The van der Waals surface area contributed by atoms with Crippen LogP contribution in [0.3, 0.4) is 0 Å². The molecule has 2 heterocycles. The standard InChI is InChI=1S/C13H23N3O/c1-3-6-14-12-5-4-7-16(9-12)10-13-8-11(2)15-17-13/h8,12,14H,3-7,9-10H2,1-2H3. The average Bonchev–Trinajstić information content (AvgIpc) is 2.73. The minimum atomic E-state index is 0.646. The Bertz CT molecular complexity index is 337. The molecule has 1 unspecified atom stereocenters. The van der Waals surface area contributed by atoms with Gasteiger partial charge in [0.1, 0.15) is 0 Å². The first-order valence-electron chi connectivity index (χ1n) is 6.66. The van der Waals surface area contributed by atoms with E-state index in [-0.39, 0.29) is 0 Å². The second-order valence-corrected chi connectivity index (χ2v) is 4.96. The minimum absolute atomic E-state index is 0.646. The van der Waals surface area contributed by atoms with Crippen molar-refractivity contribution in [1.29, 1.82) is 0 Å². The van der Waals surface area contributed by atoms with E-state index in [2.05, 4.69) is 22.3 Å². The molecule has 0 saturated carbocycles. The molecule has 0 aliphatic carbocycles. The Morgan fingerprint density at radius 2 is 2.47 bits per heavy atom. The molecule has 96 valence electrons. The number of nitrogens with zero attached hydrogens (tertiary/aromatic N) is 2. The Balaban J connectivity index is 1.80. The third-order valence-electron chi connectivity index (χ3n) is 3.24. The van der Waals surface area contributed by atoms with E-state index in [4.69, 9.17) is 4.52 Å². The molecule has 4 heteroatoms. The van der Waals surface area contributed by atoms with Crippen molar-refractivity contribution in [3.63, 3.8) is 0 Å². The van der Waals surface area contributed by atoms with E-state index < -0.39 is 0 Å².